The van der Waals surface area contributed by atoms with Crippen molar-refractivity contribution in [3.63, 3.8) is 0 Å². The maximum absolute atomic E-state index is 11.4. The lowest BCUT2D eigenvalue weighted by molar-refractivity contribution is -0.120. The van der Waals surface area contributed by atoms with E-state index >= 15 is 0 Å². The van der Waals surface area contributed by atoms with Crippen LogP contribution in [-0.2, 0) is 4.79 Å². The molecule has 0 spiro atoms. The molecule has 0 radical (unpaired) electrons. The normalized spacial score (nSPS) is 20.5. The number of nitrogens with zero attached hydrogens (tertiary/aromatic N) is 1. The van der Waals surface area contributed by atoms with Gasteiger partial charge in [-0.3, -0.25) is 10.1 Å². The topological polar surface area (TPSA) is 67.5 Å². The number of carbonyl (C=O) groups excluding carboxylic acids is 1. The van der Waals surface area contributed by atoms with E-state index in [1.807, 2.05) is 0 Å². The lowest BCUT2D eigenvalue weighted by atomic mass is 10.1. The van der Waals surface area contributed by atoms with Gasteiger partial charge in [-0.05, 0) is 6.07 Å². The molecule has 1 aliphatic heterocycles. The molecule has 4 nitrogen and oxygen atoms in total. The Hall–Kier alpha value is -1.55. The zero-order valence-corrected chi connectivity index (χ0v) is 7.95. The third-order valence-electron chi connectivity index (χ3n) is 1.97. The number of hydrogen-bond acceptors (Lipinski definition) is 3. The fraction of sp³-hybridized carbons (Fsp3) is 0.111. The summed E-state index contributed by atoms with van der Waals surface area (Å²) in [5.41, 5.74) is 6.05. The molecule has 1 aliphatic rings. The van der Waals surface area contributed by atoms with Crippen LogP contribution in [0.5, 0.6) is 0 Å². The van der Waals surface area contributed by atoms with Gasteiger partial charge in [0.25, 0.3) is 5.91 Å². The first-order chi connectivity index (χ1) is 6.68. The highest BCUT2D eigenvalue weighted by Crippen LogP contribution is 2.27. The third kappa shape index (κ3) is 1.44. The molecule has 0 fully saturated rings. The fourth-order valence-electron chi connectivity index (χ4n) is 1.33. The zero-order chi connectivity index (χ0) is 10.1. The highest BCUT2D eigenvalue weighted by molar-refractivity contribution is 6.31. The van der Waals surface area contributed by atoms with Gasteiger partial charge in [0.2, 0.25) is 0 Å². The SMILES string of the molecule is NC1=NC(c2ccccc2Cl)C(=O)N1. The van der Waals surface area contributed by atoms with Crippen LogP contribution in [-0.4, -0.2) is 11.9 Å². The summed E-state index contributed by atoms with van der Waals surface area (Å²) in [6.45, 7) is 0. The predicted octanol–water partition coefficient (Wildman–Crippen LogP) is 0.826. The van der Waals surface area contributed by atoms with Crippen LogP contribution in [0.2, 0.25) is 5.02 Å². The molecule has 1 heterocycles. The zero-order valence-electron chi connectivity index (χ0n) is 7.20. The monoisotopic (exact) mass is 209 g/mol. The fourth-order valence-corrected chi connectivity index (χ4v) is 1.57. The highest BCUT2D eigenvalue weighted by Gasteiger charge is 2.27. The molecule has 2 rings (SSSR count). The van der Waals surface area contributed by atoms with Crippen molar-refractivity contribution in [2.24, 2.45) is 10.7 Å². The second-order valence-corrected chi connectivity index (χ2v) is 3.33. The quantitative estimate of drug-likeness (QED) is 0.719. The van der Waals surface area contributed by atoms with E-state index in [4.69, 9.17) is 17.3 Å². The van der Waals surface area contributed by atoms with Gasteiger partial charge in [-0.2, -0.15) is 0 Å². The van der Waals surface area contributed by atoms with Crippen LogP contribution in [0, 0.1) is 0 Å². The maximum atomic E-state index is 11.4. The molecule has 1 atom stereocenters. The van der Waals surface area contributed by atoms with E-state index < -0.39 is 6.04 Å². The molecule has 14 heavy (non-hydrogen) atoms. The van der Waals surface area contributed by atoms with Crippen LogP contribution in [0.4, 0.5) is 0 Å². The Morgan fingerprint density at radius 1 is 1.43 bits per heavy atom. The Morgan fingerprint density at radius 2 is 2.14 bits per heavy atom. The van der Waals surface area contributed by atoms with Gasteiger partial charge in [0.15, 0.2) is 12.0 Å². The van der Waals surface area contributed by atoms with Gasteiger partial charge in [0, 0.05) is 10.6 Å². The molecule has 3 N–H and O–H groups in total. The third-order valence-corrected chi connectivity index (χ3v) is 2.31. The summed E-state index contributed by atoms with van der Waals surface area (Å²) in [4.78, 5) is 15.3. The van der Waals surface area contributed by atoms with Gasteiger partial charge >= 0.3 is 0 Å². The lowest BCUT2D eigenvalue weighted by Crippen LogP contribution is -2.31. The number of nitrogens with one attached hydrogen (secondary N) is 1. The summed E-state index contributed by atoms with van der Waals surface area (Å²) in [5.74, 6) is -0.101. The Kier molecular flexibility index (Phi) is 2.13. The molecule has 1 aromatic carbocycles. The van der Waals surface area contributed by atoms with Crippen molar-refractivity contribution < 1.29 is 4.79 Å². The van der Waals surface area contributed by atoms with E-state index in [0.29, 0.717) is 10.6 Å². The Balaban J connectivity index is 2.41. The molecule has 1 aromatic rings. The van der Waals surface area contributed by atoms with Gasteiger partial charge in [0.05, 0.1) is 0 Å². The van der Waals surface area contributed by atoms with E-state index in [-0.39, 0.29) is 11.9 Å². The summed E-state index contributed by atoms with van der Waals surface area (Å²) in [6.07, 6.45) is 0. The number of halogens is 1. The first-order valence-corrected chi connectivity index (χ1v) is 4.45. The number of guanidine groups is 1. The molecule has 5 heteroatoms. The lowest BCUT2D eigenvalue weighted by Gasteiger charge is -2.06. The molecule has 1 unspecified atom stereocenters. The average Bonchev–Trinajstić information content (AvgIpc) is 2.46. The predicted molar refractivity (Wildman–Crippen MR) is 54.0 cm³/mol. The van der Waals surface area contributed by atoms with Crippen LogP contribution < -0.4 is 11.1 Å². The summed E-state index contributed by atoms with van der Waals surface area (Å²) in [7, 11) is 0. The minimum Gasteiger partial charge on any atom is -0.370 e. The van der Waals surface area contributed by atoms with Gasteiger partial charge < -0.3 is 5.73 Å². The first kappa shape index (κ1) is 9.02. The van der Waals surface area contributed by atoms with Gasteiger partial charge in [-0.1, -0.05) is 29.8 Å². The highest BCUT2D eigenvalue weighted by atomic mass is 35.5. The number of carbonyl (C=O) groups is 1. The molecular formula is C9H8ClN3O. The number of amides is 1. The maximum Gasteiger partial charge on any atom is 0.256 e. The summed E-state index contributed by atoms with van der Waals surface area (Å²) >= 11 is 5.93. The molecular weight excluding hydrogens is 202 g/mol. The van der Waals surface area contributed by atoms with Crippen molar-refractivity contribution in [1.82, 2.24) is 5.32 Å². The number of aliphatic imine (C=N–C) groups is 1. The summed E-state index contributed by atoms with van der Waals surface area (Å²) in [6, 6.07) is 6.47. The minimum absolute atomic E-state index is 0.139. The van der Waals surface area contributed by atoms with E-state index in [1.165, 1.54) is 0 Å². The van der Waals surface area contributed by atoms with Gasteiger partial charge in [-0.15, -0.1) is 0 Å². The second-order valence-electron chi connectivity index (χ2n) is 2.93. The van der Waals surface area contributed by atoms with Crippen molar-refractivity contribution in [2.45, 2.75) is 6.04 Å². The number of hydrogen-bond donors (Lipinski definition) is 2. The van der Waals surface area contributed by atoms with Crippen LogP contribution in [0.1, 0.15) is 11.6 Å². The van der Waals surface area contributed by atoms with Crippen LogP contribution >= 0.6 is 11.6 Å². The number of benzene rings is 1. The minimum atomic E-state index is -0.608. The Labute approximate surface area is 85.8 Å². The number of rotatable bonds is 1. The van der Waals surface area contributed by atoms with Crippen molar-refractivity contribution in [2.75, 3.05) is 0 Å². The van der Waals surface area contributed by atoms with E-state index in [9.17, 15) is 4.79 Å². The van der Waals surface area contributed by atoms with Crippen molar-refractivity contribution in [3.8, 4) is 0 Å². The van der Waals surface area contributed by atoms with E-state index in [1.54, 1.807) is 24.3 Å². The molecule has 72 valence electrons. The molecule has 0 saturated carbocycles. The Bertz CT molecular complexity index is 416. The van der Waals surface area contributed by atoms with Gasteiger partial charge in [0.1, 0.15) is 0 Å². The van der Waals surface area contributed by atoms with E-state index in [0.717, 1.165) is 0 Å². The number of nitrogens with two attached hydrogens (primary N) is 1. The van der Waals surface area contributed by atoms with Crippen LogP contribution in [0.3, 0.4) is 0 Å². The molecule has 0 aliphatic carbocycles. The molecule has 0 saturated heterocycles. The van der Waals surface area contributed by atoms with Crippen LogP contribution in [0.25, 0.3) is 0 Å². The standard InChI is InChI=1S/C9H8ClN3O/c10-6-4-2-1-3-5(6)7-8(14)13-9(11)12-7/h1-4,7H,(H3,11,12,13,14). The van der Waals surface area contributed by atoms with Gasteiger partial charge in [-0.25, -0.2) is 4.99 Å². The van der Waals surface area contributed by atoms with Crippen molar-refractivity contribution >= 4 is 23.5 Å². The smallest absolute Gasteiger partial charge is 0.256 e. The summed E-state index contributed by atoms with van der Waals surface area (Å²) < 4.78 is 0. The Morgan fingerprint density at radius 3 is 2.71 bits per heavy atom. The van der Waals surface area contributed by atoms with Crippen molar-refractivity contribution in [1.29, 1.82) is 0 Å². The van der Waals surface area contributed by atoms with E-state index in [2.05, 4.69) is 10.3 Å². The summed E-state index contributed by atoms with van der Waals surface area (Å²) in [5, 5.41) is 2.94. The molecule has 0 aromatic heterocycles. The van der Waals surface area contributed by atoms with Crippen molar-refractivity contribution in [3.05, 3.63) is 34.9 Å². The molecule has 1 amide bonds. The largest absolute Gasteiger partial charge is 0.370 e. The molecule has 0 bridgehead atoms. The average molecular weight is 210 g/mol. The van der Waals surface area contributed by atoms with Crippen LogP contribution in [0.15, 0.2) is 29.3 Å². The first-order valence-electron chi connectivity index (χ1n) is 4.07. The second kappa shape index (κ2) is 3.31.